The van der Waals surface area contributed by atoms with E-state index in [2.05, 4.69) is 12.8 Å². The van der Waals surface area contributed by atoms with E-state index in [0.29, 0.717) is 13.2 Å². The van der Waals surface area contributed by atoms with Gasteiger partial charge in [-0.3, -0.25) is 28.4 Å². The molecule has 1 rings (SSSR count). The normalized spacial score (nSPS) is 18.1. The number of carbonyl (C=O) groups is 4. The number of nitrogens with zero attached hydrogens (tertiary/aromatic N) is 2. The maximum Gasteiger partial charge on any atom is 0.234 e. The topological polar surface area (TPSA) is 93.2 Å². The molecule has 0 aromatic rings. The molecule has 1 aliphatic heterocycles. The van der Waals surface area contributed by atoms with Crippen molar-refractivity contribution >= 4 is 58.9 Å². The number of ether oxygens (including phenoxy) is 2. The number of imide groups is 1. The average molecular weight is 528 g/mol. The first kappa shape index (κ1) is 25.3. The van der Waals surface area contributed by atoms with Crippen molar-refractivity contribution in [2.24, 2.45) is 11.8 Å². The van der Waals surface area contributed by atoms with Crippen molar-refractivity contribution in [3.05, 3.63) is 0 Å². The van der Waals surface area contributed by atoms with Crippen molar-refractivity contribution in [1.82, 2.24) is 9.21 Å². The minimum absolute atomic E-state index is 0.0300. The summed E-state index contributed by atoms with van der Waals surface area (Å²) in [6.45, 7) is 6.91. The summed E-state index contributed by atoms with van der Waals surface area (Å²) >= 11 is 6.16. The second kappa shape index (κ2) is 12.8. The Morgan fingerprint density at radius 3 is 2.43 bits per heavy atom. The van der Waals surface area contributed by atoms with Crippen LogP contribution in [-0.4, -0.2) is 76.2 Å². The van der Waals surface area contributed by atoms with Gasteiger partial charge in [0.05, 0.1) is 30.3 Å². The Labute approximate surface area is 185 Å². The van der Waals surface area contributed by atoms with Crippen molar-refractivity contribution in [3.63, 3.8) is 0 Å². The molecular formula is C18H29IN2O6S. The Morgan fingerprint density at radius 2 is 1.86 bits per heavy atom. The number of alkyl halides is 1. The molecule has 8 nitrogen and oxygen atoms in total. The zero-order chi connectivity index (χ0) is 21.3. The highest BCUT2D eigenvalue weighted by Crippen LogP contribution is 2.26. The first-order valence-corrected chi connectivity index (χ1v) is 10.9. The first-order chi connectivity index (χ1) is 13.1. The molecule has 1 fully saturated rings. The molecule has 0 aliphatic carbocycles. The molecular weight excluding hydrogens is 499 g/mol. The SMILES string of the molecule is CC(I)C(=O)COCCOCCN(S)C(=O)CCN1C(=O)CC(C(C)C)C1=O. The molecule has 1 heterocycles. The van der Waals surface area contributed by atoms with Crippen molar-refractivity contribution < 1.29 is 28.7 Å². The van der Waals surface area contributed by atoms with Gasteiger partial charge in [-0.05, 0) is 12.8 Å². The van der Waals surface area contributed by atoms with E-state index in [1.165, 1.54) is 9.21 Å². The molecule has 160 valence electrons. The van der Waals surface area contributed by atoms with Gasteiger partial charge in [-0.15, -0.1) is 0 Å². The Balaban J connectivity index is 2.18. The van der Waals surface area contributed by atoms with Gasteiger partial charge >= 0.3 is 0 Å². The van der Waals surface area contributed by atoms with Crippen LogP contribution in [0.1, 0.15) is 33.6 Å². The van der Waals surface area contributed by atoms with Crippen molar-refractivity contribution in [1.29, 1.82) is 0 Å². The molecule has 0 spiro atoms. The summed E-state index contributed by atoms with van der Waals surface area (Å²) in [5.41, 5.74) is 0. The number of Topliss-reactive ketones (excluding diaryl/α,β-unsaturated/α-hetero) is 1. The number of thiol groups is 1. The van der Waals surface area contributed by atoms with Gasteiger partial charge in [0.2, 0.25) is 17.7 Å². The molecule has 0 saturated carbocycles. The molecule has 28 heavy (non-hydrogen) atoms. The van der Waals surface area contributed by atoms with E-state index in [1.54, 1.807) is 6.92 Å². The highest BCUT2D eigenvalue weighted by Gasteiger charge is 2.39. The van der Waals surface area contributed by atoms with Crippen LogP contribution in [0.25, 0.3) is 0 Å². The minimum atomic E-state index is -0.291. The van der Waals surface area contributed by atoms with Crippen LogP contribution in [0.2, 0.25) is 0 Å². The first-order valence-electron chi connectivity index (χ1n) is 9.30. The fourth-order valence-electron chi connectivity index (χ4n) is 2.58. The number of amides is 3. The van der Waals surface area contributed by atoms with Crippen molar-refractivity contribution in [2.45, 2.75) is 37.5 Å². The van der Waals surface area contributed by atoms with E-state index < -0.39 is 0 Å². The van der Waals surface area contributed by atoms with Gasteiger partial charge in [-0.2, -0.15) is 0 Å². The van der Waals surface area contributed by atoms with E-state index in [1.807, 2.05) is 36.4 Å². The number of rotatable bonds is 13. The molecule has 3 amide bonds. The number of hydrogen-bond donors (Lipinski definition) is 1. The molecule has 0 bridgehead atoms. The molecule has 0 N–H and O–H groups in total. The summed E-state index contributed by atoms with van der Waals surface area (Å²) in [6, 6.07) is 0. The van der Waals surface area contributed by atoms with E-state index in [4.69, 9.17) is 9.47 Å². The maximum atomic E-state index is 12.2. The van der Waals surface area contributed by atoms with Crippen LogP contribution in [0.3, 0.4) is 0 Å². The van der Waals surface area contributed by atoms with E-state index in [-0.39, 0.29) is 78.4 Å². The summed E-state index contributed by atoms with van der Waals surface area (Å²) in [6.07, 6.45) is 0.249. The lowest BCUT2D eigenvalue weighted by atomic mass is 9.94. The van der Waals surface area contributed by atoms with E-state index in [9.17, 15) is 19.2 Å². The monoisotopic (exact) mass is 528 g/mol. The van der Waals surface area contributed by atoms with Gasteiger partial charge in [0.25, 0.3) is 0 Å². The lowest BCUT2D eigenvalue weighted by Crippen LogP contribution is -2.35. The molecule has 0 aromatic carbocycles. The van der Waals surface area contributed by atoms with Crippen LogP contribution in [0.4, 0.5) is 0 Å². The molecule has 2 atom stereocenters. The molecule has 1 saturated heterocycles. The molecule has 2 unspecified atom stereocenters. The largest absolute Gasteiger partial charge is 0.377 e. The van der Waals surface area contributed by atoms with E-state index in [0.717, 1.165) is 0 Å². The fraction of sp³-hybridized carbons (Fsp3) is 0.778. The van der Waals surface area contributed by atoms with Gasteiger partial charge < -0.3 is 9.47 Å². The number of hydrogen-bond acceptors (Lipinski definition) is 7. The third-order valence-electron chi connectivity index (χ3n) is 4.43. The van der Waals surface area contributed by atoms with Gasteiger partial charge in [0.15, 0.2) is 5.78 Å². The summed E-state index contributed by atoms with van der Waals surface area (Å²) in [5, 5.41) is 0. The number of ketones is 1. The maximum absolute atomic E-state index is 12.2. The zero-order valence-corrected chi connectivity index (χ0v) is 19.6. The third-order valence-corrected chi connectivity index (χ3v) is 5.55. The van der Waals surface area contributed by atoms with Crippen LogP contribution in [0, 0.1) is 11.8 Å². The lowest BCUT2D eigenvalue weighted by Gasteiger charge is -2.19. The van der Waals surface area contributed by atoms with Gasteiger partial charge in [-0.1, -0.05) is 49.3 Å². The summed E-state index contributed by atoms with van der Waals surface area (Å²) < 4.78 is 11.7. The second-order valence-electron chi connectivity index (χ2n) is 6.95. The van der Waals surface area contributed by atoms with Gasteiger partial charge in [0.1, 0.15) is 6.61 Å². The number of halogens is 1. The minimum Gasteiger partial charge on any atom is -0.377 e. The van der Waals surface area contributed by atoms with Gasteiger partial charge in [-0.25, -0.2) is 0 Å². The highest BCUT2D eigenvalue weighted by molar-refractivity contribution is 14.1. The van der Waals surface area contributed by atoms with Crippen LogP contribution in [-0.2, 0) is 28.7 Å². The predicted molar refractivity (Wildman–Crippen MR) is 115 cm³/mol. The summed E-state index contributed by atoms with van der Waals surface area (Å²) in [7, 11) is 0. The predicted octanol–water partition coefficient (Wildman–Crippen LogP) is 1.51. The quantitative estimate of drug-likeness (QED) is 0.128. The highest BCUT2D eigenvalue weighted by atomic mass is 127. The van der Waals surface area contributed by atoms with Crippen LogP contribution >= 0.6 is 35.4 Å². The second-order valence-corrected chi connectivity index (χ2v) is 9.30. The molecule has 0 radical (unpaired) electrons. The summed E-state index contributed by atoms with van der Waals surface area (Å²) in [4.78, 5) is 48.9. The fourth-order valence-corrected chi connectivity index (χ4v) is 2.95. The Bertz CT molecular complexity index is 572. The molecule has 10 heteroatoms. The van der Waals surface area contributed by atoms with Crippen LogP contribution < -0.4 is 0 Å². The summed E-state index contributed by atoms with van der Waals surface area (Å²) in [5.74, 6) is -0.859. The number of carbonyl (C=O) groups excluding carboxylic acids is 4. The molecule has 0 aromatic heterocycles. The standard InChI is InChI=1S/C18H29IN2O6S/c1-12(2)14-10-17(24)20(18(14)25)5-4-16(23)21(28)6-7-26-8-9-27-11-15(22)13(3)19/h12-14,28H,4-11H2,1-3H3. The van der Waals surface area contributed by atoms with E-state index >= 15 is 0 Å². The third kappa shape index (κ3) is 8.34. The molecule has 1 aliphatic rings. The van der Waals surface area contributed by atoms with Crippen LogP contribution in [0.15, 0.2) is 0 Å². The zero-order valence-electron chi connectivity index (χ0n) is 16.6. The Kier molecular flexibility index (Phi) is 11.5. The Hall–Kier alpha value is -0.720. The van der Waals surface area contributed by atoms with Gasteiger partial charge in [0, 0.05) is 25.3 Å². The smallest absolute Gasteiger partial charge is 0.234 e. The lowest BCUT2D eigenvalue weighted by molar-refractivity contribution is -0.140. The van der Waals surface area contributed by atoms with Crippen molar-refractivity contribution in [3.8, 4) is 0 Å². The number of likely N-dealkylation sites (tertiary alicyclic amines) is 1. The van der Waals surface area contributed by atoms with Crippen LogP contribution in [0.5, 0.6) is 0 Å². The van der Waals surface area contributed by atoms with Crippen molar-refractivity contribution in [2.75, 3.05) is 39.5 Å². The Morgan fingerprint density at radius 1 is 1.21 bits per heavy atom. The average Bonchev–Trinajstić information content (AvgIpc) is 2.92.